The quantitative estimate of drug-likeness (QED) is 0.684. The number of nitrogens with zero attached hydrogens (tertiary/aromatic N) is 1. The zero-order chi connectivity index (χ0) is 21.0. The van der Waals surface area contributed by atoms with Crippen molar-refractivity contribution < 1.29 is 17.9 Å². The Morgan fingerprint density at radius 2 is 1.60 bits per heavy atom. The summed E-state index contributed by atoms with van der Waals surface area (Å²) < 4.78 is 32.4. The molecule has 1 saturated heterocycles. The first-order valence-corrected chi connectivity index (χ1v) is 12.0. The maximum atomic E-state index is 12.6. The van der Waals surface area contributed by atoms with Crippen molar-refractivity contribution in [3.63, 3.8) is 0 Å². The first-order valence-electron chi connectivity index (χ1n) is 10.5. The van der Waals surface area contributed by atoms with Gasteiger partial charge in [0.05, 0.1) is 5.92 Å². The number of rotatable bonds is 5. The van der Waals surface area contributed by atoms with Gasteiger partial charge in [0.1, 0.15) is 6.10 Å². The predicted molar refractivity (Wildman–Crippen MR) is 117 cm³/mol. The molecule has 158 valence electrons. The first kappa shape index (κ1) is 20.8. The van der Waals surface area contributed by atoms with Crippen LogP contribution in [0.4, 0.5) is 0 Å². The second-order valence-electron chi connectivity index (χ2n) is 8.00. The predicted octanol–water partition coefficient (Wildman–Crippen LogP) is 3.80. The summed E-state index contributed by atoms with van der Waals surface area (Å²) in [5, 5.41) is 1.25. The fourth-order valence-electron chi connectivity index (χ4n) is 4.19. The zero-order valence-electron chi connectivity index (χ0n) is 16.9. The third kappa shape index (κ3) is 4.99. The third-order valence-electron chi connectivity index (χ3n) is 5.96. The van der Waals surface area contributed by atoms with Crippen LogP contribution >= 0.6 is 0 Å². The van der Waals surface area contributed by atoms with Crippen LogP contribution in [-0.2, 0) is 32.4 Å². The van der Waals surface area contributed by atoms with Crippen LogP contribution in [0.5, 0.6) is 0 Å². The van der Waals surface area contributed by atoms with E-state index in [-0.39, 0.29) is 18.0 Å². The summed E-state index contributed by atoms with van der Waals surface area (Å²) in [5.74, 6) is -0.414. The molecular formula is C24H27NO4S. The van der Waals surface area contributed by atoms with E-state index in [9.17, 15) is 13.2 Å². The molecule has 1 fully saturated rings. The van der Waals surface area contributed by atoms with E-state index < -0.39 is 10.0 Å². The minimum Gasteiger partial charge on any atom is -0.462 e. The molecule has 30 heavy (non-hydrogen) atoms. The Morgan fingerprint density at radius 1 is 0.933 bits per heavy atom. The van der Waals surface area contributed by atoms with Crippen LogP contribution in [0.3, 0.4) is 0 Å². The number of aryl methyl sites for hydroxylation is 1. The summed E-state index contributed by atoms with van der Waals surface area (Å²) >= 11 is 0. The van der Waals surface area contributed by atoms with E-state index >= 15 is 0 Å². The van der Waals surface area contributed by atoms with Gasteiger partial charge in [-0.1, -0.05) is 54.6 Å². The van der Waals surface area contributed by atoms with Crippen molar-refractivity contribution in [2.75, 3.05) is 13.1 Å². The van der Waals surface area contributed by atoms with Gasteiger partial charge in [-0.15, -0.1) is 0 Å². The zero-order valence-corrected chi connectivity index (χ0v) is 17.8. The average molecular weight is 426 g/mol. The molecule has 0 N–H and O–H groups in total. The highest BCUT2D eigenvalue weighted by molar-refractivity contribution is 7.92. The van der Waals surface area contributed by atoms with E-state index in [1.54, 1.807) is 6.08 Å². The van der Waals surface area contributed by atoms with Crippen LogP contribution in [0.25, 0.3) is 6.08 Å². The summed E-state index contributed by atoms with van der Waals surface area (Å²) in [6.07, 6.45) is 5.07. The van der Waals surface area contributed by atoms with Crippen LogP contribution in [0.15, 0.2) is 60.0 Å². The van der Waals surface area contributed by atoms with Gasteiger partial charge in [0, 0.05) is 24.9 Å². The lowest BCUT2D eigenvalue weighted by molar-refractivity contribution is -0.155. The number of hydrogen-bond donors (Lipinski definition) is 0. The monoisotopic (exact) mass is 425 g/mol. The van der Waals surface area contributed by atoms with Crippen molar-refractivity contribution in [2.24, 2.45) is 5.92 Å². The van der Waals surface area contributed by atoms with Crippen LogP contribution in [-0.4, -0.2) is 37.9 Å². The number of sulfonamides is 1. The lowest BCUT2D eigenvalue weighted by atomic mass is 9.89. The van der Waals surface area contributed by atoms with E-state index in [0.717, 1.165) is 24.8 Å². The Morgan fingerprint density at radius 3 is 2.33 bits per heavy atom. The normalized spacial score (nSPS) is 20.7. The molecule has 0 saturated carbocycles. The molecule has 1 unspecified atom stereocenters. The maximum Gasteiger partial charge on any atom is 0.309 e. The van der Waals surface area contributed by atoms with Crippen molar-refractivity contribution in [2.45, 2.75) is 38.2 Å². The van der Waals surface area contributed by atoms with E-state index in [1.807, 2.05) is 42.5 Å². The molecule has 2 aliphatic rings. The Balaban J connectivity index is 1.29. The van der Waals surface area contributed by atoms with Gasteiger partial charge < -0.3 is 4.74 Å². The van der Waals surface area contributed by atoms with Crippen molar-refractivity contribution >= 4 is 22.1 Å². The van der Waals surface area contributed by atoms with E-state index in [4.69, 9.17) is 4.74 Å². The number of hydrogen-bond acceptors (Lipinski definition) is 4. The first-order chi connectivity index (χ1) is 14.5. The van der Waals surface area contributed by atoms with Crippen LogP contribution in [0, 0.1) is 5.92 Å². The van der Waals surface area contributed by atoms with E-state index in [0.29, 0.717) is 25.9 Å². The smallest absolute Gasteiger partial charge is 0.309 e. The Bertz CT molecular complexity index is 1010. The molecule has 5 nitrogen and oxygen atoms in total. The number of fused-ring (bicyclic) bond motifs is 1. The molecule has 0 bridgehead atoms. The molecule has 2 aromatic carbocycles. The number of esters is 1. The fraction of sp³-hybridized carbons (Fsp3) is 0.375. The second kappa shape index (κ2) is 9.14. The topological polar surface area (TPSA) is 63.7 Å². The van der Waals surface area contributed by atoms with Crippen molar-refractivity contribution in [3.05, 3.63) is 76.7 Å². The number of ether oxygens (including phenoxy) is 1. The standard InChI is InChI=1S/C24H27NO4S/c26-24(29-23-11-10-20-8-4-5-9-22(20)18-23)21-12-15-25(16-13-21)30(27,28)17-14-19-6-2-1-3-7-19/h1-9,14,17,21,23H,10-13,15-16,18H2/b17-14+. The van der Waals surface area contributed by atoms with Crippen LogP contribution < -0.4 is 0 Å². The Labute approximate surface area is 178 Å². The molecular weight excluding hydrogens is 398 g/mol. The highest BCUT2D eigenvalue weighted by Crippen LogP contribution is 2.26. The van der Waals surface area contributed by atoms with Gasteiger partial charge in [-0.2, -0.15) is 4.31 Å². The third-order valence-corrected chi connectivity index (χ3v) is 7.53. The maximum absolute atomic E-state index is 12.6. The molecule has 2 aromatic rings. The number of carbonyl (C=O) groups excluding carboxylic acids is 1. The summed E-state index contributed by atoms with van der Waals surface area (Å²) in [4.78, 5) is 12.6. The molecule has 0 amide bonds. The van der Waals surface area contributed by atoms with Crippen molar-refractivity contribution in [3.8, 4) is 0 Å². The second-order valence-corrected chi connectivity index (χ2v) is 9.82. The molecule has 6 heteroatoms. The van der Waals surface area contributed by atoms with Crippen molar-refractivity contribution in [1.82, 2.24) is 4.31 Å². The minimum atomic E-state index is -3.49. The Kier molecular flexibility index (Phi) is 6.35. The lowest BCUT2D eigenvalue weighted by Gasteiger charge is -2.31. The summed E-state index contributed by atoms with van der Waals surface area (Å²) in [7, 11) is -3.49. The van der Waals surface area contributed by atoms with Gasteiger partial charge in [0.15, 0.2) is 0 Å². The highest BCUT2D eigenvalue weighted by atomic mass is 32.2. The van der Waals surface area contributed by atoms with Gasteiger partial charge in [-0.3, -0.25) is 4.79 Å². The Hall–Kier alpha value is -2.44. The summed E-state index contributed by atoms with van der Waals surface area (Å²) in [6, 6.07) is 17.6. The lowest BCUT2D eigenvalue weighted by Crippen LogP contribution is -2.40. The largest absolute Gasteiger partial charge is 0.462 e. The molecule has 4 rings (SSSR count). The van der Waals surface area contributed by atoms with Crippen LogP contribution in [0.2, 0.25) is 0 Å². The highest BCUT2D eigenvalue weighted by Gasteiger charge is 2.32. The number of benzene rings is 2. The van der Waals surface area contributed by atoms with Gasteiger partial charge in [-0.05, 0) is 48.4 Å². The van der Waals surface area contributed by atoms with E-state index in [1.165, 1.54) is 20.8 Å². The van der Waals surface area contributed by atoms with Crippen molar-refractivity contribution in [1.29, 1.82) is 0 Å². The molecule has 0 aromatic heterocycles. The average Bonchev–Trinajstić information content (AvgIpc) is 2.78. The molecule has 0 spiro atoms. The van der Waals surface area contributed by atoms with Gasteiger partial charge in [0.25, 0.3) is 0 Å². The molecule has 0 radical (unpaired) electrons. The summed E-state index contributed by atoms with van der Waals surface area (Å²) in [5.41, 5.74) is 3.44. The van der Waals surface area contributed by atoms with E-state index in [2.05, 4.69) is 12.1 Å². The number of carbonyl (C=O) groups is 1. The number of piperidine rings is 1. The van der Waals surface area contributed by atoms with Crippen LogP contribution in [0.1, 0.15) is 36.0 Å². The van der Waals surface area contributed by atoms with Gasteiger partial charge in [-0.25, -0.2) is 8.42 Å². The molecule has 1 aliphatic heterocycles. The molecule has 1 aliphatic carbocycles. The molecule has 1 heterocycles. The SMILES string of the molecule is O=C(OC1CCc2ccccc2C1)C1CCN(S(=O)(=O)/C=C/c2ccccc2)CC1. The minimum absolute atomic E-state index is 0.0806. The van der Waals surface area contributed by atoms with Gasteiger partial charge in [0.2, 0.25) is 10.0 Å². The summed E-state index contributed by atoms with van der Waals surface area (Å²) in [6.45, 7) is 0.684. The molecule has 1 atom stereocenters. The fourth-order valence-corrected chi connectivity index (χ4v) is 5.41. The van der Waals surface area contributed by atoms with Gasteiger partial charge >= 0.3 is 5.97 Å².